The molecule has 0 fully saturated rings. The second-order valence-corrected chi connectivity index (χ2v) is 3.63. The van der Waals surface area contributed by atoms with Gasteiger partial charge in [0.15, 0.2) is 0 Å². The van der Waals surface area contributed by atoms with Crippen LogP contribution in [0.3, 0.4) is 0 Å². The molecule has 2 rings (SSSR count). The van der Waals surface area contributed by atoms with Gasteiger partial charge in [-0.3, -0.25) is 4.79 Å². The Morgan fingerprint density at radius 1 is 1.32 bits per heavy atom. The summed E-state index contributed by atoms with van der Waals surface area (Å²) in [7, 11) is 0. The van der Waals surface area contributed by atoms with E-state index in [2.05, 4.69) is 9.68 Å². The highest BCUT2D eigenvalue weighted by molar-refractivity contribution is 6.15. The Labute approximate surface area is 108 Å². The van der Waals surface area contributed by atoms with Crippen molar-refractivity contribution in [3.05, 3.63) is 47.2 Å². The van der Waals surface area contributed by atoms with Crippen molar-refractivity contribution in [1.29, 1.82) is 0 Å². The number of aromatic nitrogens is 1. The van der Waals surface area contributed by atoms with Crippen molar-refractivity contribution < 1.29 is 24.0 Å². The molecule has 0 aliphatic carbocycles. The fourth-order valence-corrected chi connectivity index (χ4v) is 1.56. The van der Waals surface area contributed by atoms with E-state index in [0.717, 1.165) is 0 Å². The molecule has 0 saturated carbocycles. The van der Waals surface area contributed by atoms with Gasteiger partial charge in [0.05, 0.1) is 6.61 Å². The first-order valence-electron chi connectivity index (χ1n) is 5.60. The van der Waals surface area contributed by atoms with Crippen LogP contribution >= 0.6 is 0 Å². The van der Waals surface area contributed by atoms with Crippen LogP contribution in [0.25, 0.3) is 0 Å². The van der Waals surface area contributed by atoms with Gasteiger partial charge in [0.25, 0.3) is 0 Å². The van der Waals surface area contributed by atoms with Gasteiger partial charge >= 0.3 is 11.9 Å². The van der Waals surface area contributed by atoms with Crippen molar-refractivity contribution in [1.82, 2.24) is 5.16 Å². The summed E-state index contributed by atoms with van der Waals surface area (Å²) in [5.74, 6) is -2.06. The number of ether oxygens (including phenoxy) is 1. The van der Waals surface area contributed by atoms with Crippen LogP contribution in [0.5, 0.6) is 5.95 Å². The maximum absolute atomic E-state index is 12.2. The van der Waals surface area contributed by atoms with E-state index in [1.54, 1.807) is 37.3 Å². The Morgan fingerprint density at radius 2 is 2.00 bits per heavy atom. The number of rotatable bonds is 4. The second-order valence-electron chi connectivity index (χ2n) is 3.63. The lowest BCUT2D eigenvalue weighted by Gasteiger charge is -2.01. The molecule has 6 nitrogen and oxygen atoms in total. The van der Waals surface area contributed by atoms with Gasteiger partial charge in [-0.05, 0) is 6.92 Å². The summed E-state index contributed by atoms with van der Waals surface area (Å²) in [6, 6.07) is 8.20. The van der Waals surface area contributed by atoms with Crippen LogP contribution in [0, 0.1) is 0 Å². The Bertz CT molecular complexity index is 603. The van der Waals surface area contributed by atoms with Gasteiger partial charge in [0, 0.05) is 5.56 Å². The fourth-order valence-electron chi connectivity index (χ4n) is 1.56. The molecule has 1 heterocycles. The number of hydrogen-bond acceptors (Lipinski definition) is 6. The van der Waals surface area contributed by atoms with Gasteiger partial charge in [-0.15, -0.1) is 0 Å². The molecule has 0 aliphatic heterocycles. The lowest BCUT2D eigenvalue weighted by Crippen LogP contribution is -2.11. The van der Waals surface area contributed by atoms with E-state index >= 15 is 0 Å². The first-order valence-corrected chi connectivity index (χ1v) is 5.60. The molecule has 6 heteroatoms. The van der Waals surface area contributed by atoms with Gasteiger partial charge in [-0.2, -0.15) is 0 Å². The molecule has 1 aromatic heterocycles. The van der Waals surface area contributed by atoms with E-state index < -0.39 is 17.7 Å². The summed E-state index contributed by atoms with van der Waals surface area (Å²) in [6.45, 7) is 1.75. The maximum atomic E-state index is 12.2. The minimum Gasteiger partial charge on any atom is -0.479 e. The molecular weight excluding hydrogens is 250 g/mol. The van der Waals surface area contributed by atoms with Crippen molar-refractivity contribution >= 4 is 11.8 Å². The highest BCUT2D eigenvalue weighted by Crippen LogP contribution is 2.24. The zero-order valence-corrected chi connectivity index (χ0v) is 10.1. The predicted octanol–water partition coefficient (Wildman–Crippen LogP) is 1.79. The Kier molecular flexibility index (Phi) is 3.61. The van der Waals surface area contributed by atoms with Gasteiger partial charge in [-0.1, -0.05) is 35.5 Å². The monoisotopic (exact) mass is 261 g/mol. The molecule has 0 aliphatic rings. The largest absolute Gasteiger partial charge is 0.479 e. The highest BCUT2D eigenvalue weighted by atomic mass is 16.6. The molecule has 0 amide bonds. The Morgan fingerprint density at radius 3 is 2.63 bits per heavy atom. The molecule has 98 valence electrons. The second kappa shape index (κ2) is 5.34. The summed E-state index contributed by atoms with van der Waals surface area (Å²) >= 11 is 0. The minimum absolute atomic E-state index is 0.130. The van der Waals surface area contributed by atoms with E-state index in [9.17, 15) is 14.7 Å². The molecule has 1 N–H and O–H groups in total. The molecule has 0 spiro atoms. The third kappa shape index (κ3) is 2.47. The third-order valence-corrected chi connectivity index (χ3v) is 2.41. The van der Waals surface area contributed by atoms with Crippen LogP contribution < -0.4 is 0 Å². The number of carbonyl (C=O) groups is 2. The molecule has 0 radical (unpaired) electrons. The number of nitrogens with zero attached hydrogens (tertiary/aromatic N) is 1. The topological polar surface area (TPSA) is 89.6 Å². The number of esters is 1. The van der Waals surface area contributed by atoms with Gasteiger partial charge in [0.1, 0.15) is 5.56 Å². The van der Waals surface area contributed by atoms with Crippen LogP contribution in [0.15, 0.2) is 34.9 Å². The quantitative estimate of drug-likeness (QED) is 0.666. The predicted molar refractivity (Wildman–Crippen MR) is 64.0 cm³/mol. The minimum atomic E-state index is -0.814. The number of benzene rings is 1. The Balaban J connectivity index is 2.42. The molecule has 0 atom stereocenters. The first-order chi connectivity index (χ1) is 9.15. The van der Waals surface area contributed by atoms with E-state index in [1.807, 2.05) is 0 Å². The van der Waals surface area contributed by atoms with Crippen molar-refractivity contribution in [2.24, 2.45) is 0 Å². The Hall–Kier alpha value is -2.63. The number of ketones is 1. The average molecular weight is 261 g/mol. The van der Waals surface area contributed by atoms with Crippen LogP contribution in [0.1, 0.15) is 33.3 Å². The molecule has 0 saturated heterocycles. The third-order valence-electron chi connectivity index (χ3n) is 2.41. The first kappa shape index (κ1) is 12.8. The van der Waals surface area contributed by atoms with Crippen LogP contribution in [0.2, 0.25) is 0 Å². The van der Waals surface area contributed by atoms with E-state index in [1.165, 1.54) is 0 Å². The van der Waals surface area contributed by atoms with E-state index in [4.69, 9.17) is 4.74 Å². The highest BCUT2D eigenvalue weighted by Gasteiger charge is 2.29. The van der Waals surface area contributed by atoms with E-state index in [0.29, 0.717) is 5.56 Å². The zero-order chi connectivity index (χ0) is 13.8. The summed E-state index contributed by atoms with van der Waals surface area (Å²) in [6.07, 6.45) is 0. The standard InChI is InChI=1S/C13H11NO5/c1-2-18-13(17)10-9(12(16)19-14-10)11(15)8-6-4-3-5-7-8/h3-7,16H,2H2,1H3. The molecule has 0 unspecified atom stereocenters. The number of aromatic hydroxyl groups is 1. The lowest BCUT2D eigenvalue weighted by atomic mass is 10.0. The number of carbonyl (C=O) groups excluding carboxylic acids is 2. The molecule has 1 aromatic carbocycles. The lowest BCUT2D eigenvalue weighted by molar-refractivity contribution is 0.0512. The van der Waals surface area contributed by atoms with Crippen molar-refractivity contribution in [3.63, 3.8) is 0 Å². The van der Waals surface area contributed by atoms with Gasteiger partial charge in [-0.25, -0.2) is 4.79 Å². The maximum Gasteiger partial charge on any atom is 0.361 e. The fraction of sp³-hybridized carbons (Fsp3) is 0.154. The van der Waals surface area contributed by atoms with E-state index in [-0.39, 0.29) is 17.9 Å². The van der Waals surface area contributed by atoms with Crippen LogP contribution in [-0.4, -0.2) is 28.6 Å². The molecular formula is C13H11NO5. The van der Waals surface area contributed by atoms with Crippen molar-refractivity contribution in [2.45, 2.75) is 6.92 Å². The SMILES string of the molecule is CCOC(=O)c1noc(O)c1C(=O)c1ccccc1. The van der Waals surface area contributed by atoms with Crippen molar-refractivity contribution in [3.8, 4) is 5.95 Å². The van der Waals surface area contributed by atoms with Gasteiger partial charge < -0.3 is 14.4 Å². The van der Waals surface area contributed by atoms with Gasteiger partial charge in [0.2, 0.25) is 11.5 Å². The summed E-state index contributed by atoms with van der Waals surface area (Å²) in [4.78, 5) is 23.8. The normalized spacial score (nSPS) is 10.2. The zero-order valence-electron chi connectivity index (χ0n) is 10.1. The van der Waals surface area contributed by atoms with Crippen molar-refractivity contribution in [2.75, 3.05) is 6.61 Å². The molecule has 2 aromatic rings. The number of hydrogen-bond donors (Lipinski definition) is 1. The average Bonchev–Trinajstić information content (AvgIpc) is 2.81. The smallest absolute Gasteiger partial charge is 0.361 e. The molecule has 0 bridgehead atoms. The van der Waals surface area contributed by atoms with Crippen LogP contribution in [0.4, 0.5) is 0 Å². The summed E-state index contributed by atoms with van der Waals surface area (Å²) < 4.78 is 9.23. The molecule has 19 heavy (non-hydrogen) atoms. The van der Waals surface area contributed by atoms with Crippen LogP contribution in [-0.2, 0) is 4.74 Å². The summed E-state index contributed by atoms with van der Waals surface area (Å²) in [5, 5.41) is 12.9. The summed E-state index contributed by atoms with van der Waals surface area (Å²) in [5.41, 5.74) is -0.301.